The van der Waals surface area contributed by atoms with Crippen molar-refractivity contribution in [3.05, 3.63) is 54.0 Å². The highest BCUT2D eigenvalue weighted by Gasteiger charge is 2.30. The molecule has 0 aliphatic heterocycles. The molecule has 1 atom stereocenters. The van der Waals surface area contributed by atoms with E-state index >= 15 is 0 Å². The number of nitrogens with one attached hydrogen (secondary N) is 2. The molecule has 0 saturated heterocycles. The summed E-state index contributed by atoms with van der Waals surface area (Å²) >= 11 is 0. The highest BCUT2D eigenvalue weighted by molar-refractivity contribution is 6.00. The zero-order valence-corrected chi connectivity index (χ0v) is 12.0. The third-order valence-corrected chi connectivity index (χ3v) is 3.00. The summed E-state index contributed by atoms with van der Waals surface area (Å²) in [6.07, 6.45) is -1.88. The fourth-order valence-electron chi connectivity index (χ4n) is 1.73. The van der Waals surface area contributed by atoms with Gasteiger partial charge in [0.25, 0.3) is 5.91 Å². The van der Waals surface area contributed by atoms with E-state index in [0.717, 1.165) is 24.3 Å². The first-order chi connectivity index (χ1) is 10.8. The number of halogens is 3. The molecule has 0 aliphatic carbocycles. The fraction of sp³-hybridized carbons (Fsp3) is 0.200. The molecule has 2 rings (SSSR count). The minimum atomic E-state index is -4.44. The standard InChI is InChI=1S/C15H13F3N2O3/c1-9(19-14(22)10-6-7-23-8-10)13(21)20-12-4-2-11(3-5-12)15(16,17)18/h2-9H,1H3,(H,19,22)(H,20,21). The lowest BCUT2D eigenvalue weighted by Crippen LogP contribution is -2.41. The summed E-state index contributed by atoms with van der Waals surface area (Å²) in [6.45, 7) is 1.46. The summed E-state index contributed by atoms with van der Waals surface area (Å²) in [5, 5.41) is 4.87. The monoisotopic (exact) mass is 326 g/mol. The van der Waals surface area contributed by atoms with Crippen molar-refractivity contribution in [1.82, 2.24) is 5.32 Å². The van der Waals surface area contributed by atoms with E-state index in [4.69, 9.17) is 4.42 Å². The van der Waals surface area contributed by atoms with E-state index in [1.807, 2.05) is 0 Å². The second-order valence-corrected chi connectivity index (χ2v) is 4.77. The Morgan fingerprint density at radius 1 is 1.13 bits per heavy atom. The van der Waals surface area contributed by atoms with Crippen LogP contribution in [0.1, 0.15) is 22.8 Å². The number of anilines is 1. The second kappa shape index (κ2) is 6.55. The Bertz CT molecular complexity index is 679. The first kappa shape index (κ1) is 16.6. The summed E-state index contributed by atoms with van der Waals surface area (Å²) in [7, 11) is 0. The van der Waals surface area contributed by atoms with Gasteiger partial charge in [-0.3, -0.25) is 9.59 Å². The molecule has 2 amide bonds. The summed E-state index contributed by atoms with van der Waals surface area (Å²) in [4.78, 5) is 23.7. The van der Waals surface area contributed by atoms with Crippen molar-refractivity contribution >= 4 is 17.5 Å². The lowest BCUT2D eigenvalue weighted by atomic mass is 10.2. The molecule has 1 aromatic heterocycles. The zero-order chi connectivity index (χ0) is 17.0. The predicted molar refractivity (Wildman–Crippen MR) is 75.7 cm³/mol. The van der Waals surface area contributed by atoms with Crippen molar-refractivity contribution < 1.29 is 27.2 Å². The molecule has 1 aromatic carbocycles. The summed E-state index contributed by atoms with van der Waals surface area (Å²) in [5.41, 5.74) is -0.344. The number of benzene rings is 1. The highest BCUT2D eigenvalue weighted by atomic mass is 19.4. The summed E-state index contributed by atoms with van der Waals surface area (Å²) in [5.74, 6) is -1.05. The lowest BCUT2D eigenvalue weighted by molar-refractivity contribution is -0.137. The van der Waals surface area contributed by atoms with E-state index in [2.05, 4.69) is 10.6 Å². The van der Waals surface area contributed by atoms with Crippen LogP contribution < -0.4 is 10.6 Å². The Morgan fingerprint density at radius 2 is 1.78 bits per heavy atom. The van der Waals surface area contributed by atoms with Gasteiger partial charge in [-0.25, -0.2) is 0 Å². The topological polar surface area (TPSA) is 71.3 Å². The van der Waals surface area contributed by atoms with Gasteiger partial charge in [-0.05, 0) is 37.3 Å². The molecular formula is C15H13F3N2O3. The van der Waals surface area contributed by atoms with Crippen molar-refractivity contribution in [1.29, 1.82) is 0 Å². The van der Waals surface area contributed by atoms with E-state index in [1.54, 1.807) is 0 Å². The van der Waals surface area contributed by atoms with Gasteiger partial charge in [-0.15, -0.1) is 0 Å². The smallest absolute Gasteiger partial charge is 0.416 e. The normalized spacial score (nSPS) is 12.5. The van der Waals surface area contributed by atoms with Crippen molar-refractivity contribution in [3.8, 4) is 0 Å². The molecular weight excluding hydrogens is 313 g/mol. The largest absolute Gasteiger partial charge is 0.472 e. The maximum Gasteiger partial charge on any atom is 0.416 e. The van der Waals surface area contributed by atoms with E-state index in [-0.39, 0.29) is 11.3 Å². The molecule has 2 aromatic rings. The average molecular weight is 326 g/mol. The van der Waals surface area contributed by atoms with Gasteiger partial charge in [0.2, 0.25) is 5.91 Å². The number of carbonyl (C=O) groups is 2. The van der Waals surface area contributed by atoms with E-state index in [1.165, 1.54) is 25.5 Å². The van der Waals surface area contributed by atoms with Crippen LogP contribution in [0.25, 0.3) is 0 Å². The molecule has 1 unspecified atom stereocenters. The van der Waals surface area contributed by atoms with Crippen LogP contribution in [-0.2, 0) is 11.0 Å². The molecule has 5 nitrogen and oxygen atoms in total. The van der Waals surface area contributed by atoms with Gasteiger partial charge in [0.1, 0.15) is 12.3 Å². The van der Waals surface area contributed by atoms with Crippen LogP contribution >= 0.6 is 0 Å². The number of alkyl halides is 3. The van der Waals surface area contributed by atoms with Gasteiger partial charge >= 0.3 is 6.18 Å². The van der Waals surface area contributed by atoms with E-state index in [9.17, 15) is 22.8 Å². The quantitative estimate of drug-likeness (QED) is 0.907. The molecule has 2 N–H and O–H groups in total. The van der Waals surface area contributed by atoms with Crippen molar-refractivity contribution in [3.63, 3.8) is 0 Å². The van der Waals surface area contributed by atoms with Gasteiger partial charge < -0.3 is 15.1 Å². The van der Waals surface area contributed by atoms with Gasteiger partial charge in [0.15, 0.2) is 0 Å². The minimum absolute atomic E-state index is 0.201. The van der Waals surface area contributed by atoms with Gasteiger partial charge in [0, 0.05) is 5.69 Å². The minimum Gasteiger partial charge on any atom is -0.472 e. The average Bonchev–Trinajstić information content (AvgIpc) is 3.01. The summed E-state index contributed by atoms with van der Waals surface area (Å²) in [6, 6.07) is 4.58. The maximum atomic E-state index is 12.4. The number of furan rings is 1. The van der Waals surface area contributed by atoms with Crippen LogP contribution in [0.4, 0.5) is 18.9 Å². The van der Waals surface area contributed by atoms with Crippen LogP contribution in [-0.4, -0.2) is 17.9 Å². The van der Waals surface area contributed by atoms with Crippen molar-refractivity contribution in [2.75, 3.05) is 5.32 Å². The number of carbonyl (C=O) groups excluding carboxylic acids is 2. The number of amides is 2. The molecule has 122 valence electrons. The van der Waals surface area contributed by atoms with Crippen molar-refractivity contribution in [2.24, 2.45) is 0 Å². The molecule has 0 bridgehead atoms. The SMILES string of the molecule is CC(NC(=O)c1ccoc1)C(=O)Nc1ccc(C(F)(F)F)cc1. The Balaban J connectivity index is 1.94. The lowest BCUT2D eigenvalue weighted by Gasteiger charge is -2.14. The molecule has 0 spiro atoms. The van der Waals surface area contributed by atoms with Crippen LogP contribution in [0.15, 0.2) is 47.3 Å². The first-order valence-electron chi connectivity index (χ1n) is 6.58. The molecule has 1 heterocycles. The first-order valence-corrected chi connectivity index (χ1v) is 6.58. The van der Waals surface area contributed by atoms with Crippen LogP contribution in [0, 0.1) is 0 Å². The van der Waals surface area contributed by atoms with Gasteiger partial charge in [-0.1, -0.05) is 0 Å². The second-order valence-electron chi connectivity index (χ2n) is 4.77. The van der Waals surface area contributed by atoms with Gasteiger partial charge in [-0.2, -0.15) is 13.2 Å². The fourth-order valence-corrected chi connectivity index (χ4v) is 1.73. The third kappa shape index (κ3) is 4.35. The number of rotatable bonds is 4. The Morgan fingerprint density at radius 3 is 2.30 bits per heavy atom. The van der Waals surface area contributed by atoms with Crippen molar-refractivity contribution in [2.45, 2.75) is 19.1 Å². The van der Waals surface area contributed by atoms with Crippen LogP contribution in [0.5, 0.6) is 0 Å². The predicted octanol–water partition coefficient (Wildman–Crippen LogP) is 3.06. The molecule has 23 heavy (non-hydrogen) atoms. The Labute approximate surface area is 129 Å². The summed E-state index contributed by atoms with van der Waals surface area (Å²) < 4.78 is 42.1. The van der Waals surface area contributed by atoms with E-state index in [0.29, 0.717) is 0 Å². The van der Waals surface area contributed by atoms with Gasteiger partial charge in [0.05, 0.1) is 17.4 Å². The highest BCUT2D eigenvalue weighted by Crippen LogP contribution is 2.29. The Hall–Kier alpha value is -2.77. The zero-order valence-electron chi connectivity index (χ0n) is 12.0. The van der Waals surface area contributed by atoms with Crippen LogP contribution in [0.2, 0.25) is 0 Å². The molecule has 0 fully saturated rings. The molecule has 0 saturated carbocycles. The number of hydrogen-bond donors (Lipinski definition) is 2. The van der Waals surface area contributed by atoms with E-state index < -0.39 is 29.6 Å². The molecule has 0 aliphatic rings. The molecule has 8 heteroatoms. The third-order valence-electron chi connectivity index (χ3n) is 3.00. The number of hydrogen-bond acceptors (Lipinski definition) is 3. The van der Waals surface area contributed by atoms with Crippen LogP contribution in [0.3, 0.4) is 0 Å². The Kier molecular flexibility index (Phi) is 4.73. The molecule has 0 radical (unpaired) electrons. The maximum absolute atomic E-state index is 12.4.